The smallest absolute Gasteiger partial charge is 0.366 e. The highest BCUT2D eigenvalue weighted by Crippen LogP contribution is 2.42. The van der Waals surface area contributed by atoms with Gasteiger partial charge in [0, 0.05) is 27.2 Å². The number of hydrogen-bond donors (Lipinski definition) is 2. The highest BCUT2D eigenvalue weighted by molar-refractivity contribution is 6.36. The number of alkyl halides is 3. The van der Waals surface area contributed by atoms with Gasteiger partial charge >= 0.3 is 6.18 Å². The maximum absolute atomic E-state index is 13.9. The van der Waals surface area contributed by atoms with E-state index in [4.69, 9.17) is 28.9 Å². The van der Waals surface area contributed by atoms with Crippen LogP contribution in [0.5, 0.6) is 0 Å². The second kappa shape index (κ2) is 9.49. The van der Waals surface area contributed by atoms with Crippen molar-refractivity contribution >= 4 is 35.0 Å². The van der Waals surface area contributed by atoms with Gasteiger partial charge in [-0.25, -0.2) is 0 Å². The molecule has 1 fully saturated rings. The molecule has 1 saturated carbocycles. The third-order valence-electron chi connectivity index (χ3n) is 5.46. The van der Waals surface area contributed by atoms with Gasteiger partial charge in [-0.2, -0.15) is 13.2 Å². The molecule has 3 N–H and O–H groups in total. The van der Waals surface area contributed by atoms with Gasteiger partial charge in [0.25, 0.3) is 0 Å². The van der Waals surface area contributed by atoms with E-state index in [-0.39, 0.29) is 32.8 Å². The van der Waals surface area contributed by atoms with Crippen LogP contribution in [0.4, 0.5) is 13.2 Å². The number of amides is 2. The standard InChI is InChI=1S/C22H21Cl2F3N2O2/c23-16-7-4-8-17(24)19(16)18(21(31)29-13-5-2-1-3-6-13)14-10-9-12(20(28)30)11-15(14)22(25,26)27/h4,7-11,13,18H,1-3,5-6H2,(H2,28,30)(H,29,31). The summed E-state index contributed by atoms with van der Waals surface area (Å²) < 4.78 is 41.8. The maximum Gasteiger partial charge on any atom is 0.416 e. The normalized spacial score (nSPS) is 16.0. The molecule has 0 saturated heterocycles. The summed E-state index contributed by atoms with van der Waals surface area (Å²) in [5.74, 6) is -3.04. The van der Waals surface area contributed by atoms with Gasteiger partial charge in [-0.1, -0.05) is 54.6 Å². The van der Waals surface area contributed by atoms with Crippen molar-refractivity contribution in [3.8, 4) is 0 Å². The molecule has 9 heteroatoms. The van der Waals surface area contributed by atoms with E-state index in [2.05, 4.69) is 5.32 Å². The highest BCUT2D eigenvalue weighted by Gasteiger charge is 2.39. The molecular weight excluding hydrogens is 452 g/mol. The molecule has 0 bridgehead atoms. The summed E-state index contributed by atoms with van der Waals surface area (Å²) in [5, 5.41) is 3.02. The summed E-state index contributed by atoms with van der Waals surface area (Å²) in [5.41, 5.74) is 3.45. The number of nitrogens with two attached hydrogens (primary N) is 1. The van der Waals surface area contributed by atoms with Crippen LogP contribution in [0.2, 0.25) is 10.0 Å². The van der Waals surface area contributed by atoms with Gasteiger partial charge in [0.2, 0.25) is 11.8 Å². The fourth-order valence-corrected chi connectivity index (χ4v) is 4.57. The first kappa shape index (κ1) is 23.4. The molecule has 2 aromatic rings. The number of hydrogen-bond acceptors (Lipinski definition) is 2. The van der Waals surface area contributed by atoms with Crippen LogP contribution in [0.25, 0.3) is 0 Å². The molecule has 1 unspecified atom stereocenters. The molecule has 0 spiro atoms. The highest BCUT2D eigenvalue weighted by atomic mass is 35.5. The quantitative estimate of drug-likeness (QED) is 0.586. The molecule has 4 nitrogen and oxygen atoms in total. The van der Waals surface area contributed by atoms with Gasteiger partial charge in [0.15, 0.2) is 0 Å². The fourth-order valence-electron chi connectivity index (χ4n) is 3.95. The number of benzene rings is 2. The second-order valence-electron chi connectivity index (χ2n) is 7.58. The second-order valence-corrected chi connectivity index (χ2v) is 8.39. The zero-order valence-electron chi connectivity index (χ0n) is 16.4. The van der Waals surface area contributed by atoms with Gasteiger partial charge in [-0.05, 0) is 42.7 Å². The average Bonchev–Trinajstić information content (AvgIpc) is 2.70. The number of carbonyl (C=O) groups is 2. The minimum Gasteiger partial charge on any atom is -0.366 e. The van der Waals surface area contributed by atoms with Crippen molar-refractivity contribution in [3.63, 3.8) is 0 Å². The molecule has 2 aromatic carbocycles. The van der Waals surface area contributed by atoms with Crippen LogP contribution in [-0.4, -0.2) is 17.9 Å². The summed E-state index contributed by atoms with van der Waals surface area (Å²) >= 11 is 12.6. The van der Waals surface area contributed by atoms with Crippen molar-refractivity contribution in [2.75, 3.05) is 0 Å². The van der Waals surface area contributed by atoms with Crippen LogP contribution < -0.4 is 11.1 Å². The van der Waals surface area contributed by atoms with Crippen LogP contribution in [0, 0.1) is 0 Å². The molecule has 0 radical (unpaired) electrons. The van der Waals surface area contributed by atoms with Gasteiger partial charge in [-0.15, -0.1) is 0 Å². The van der Waals surface area contributed by atoms with E-state index >= 15 is 0 Å². The molecule has 31 heavy (non-hydrogen) atoms. The summed E-state index contributed by atoms with van der Waals surface area (Å²) in [6, 6.07) is 7.26. The lowest BCUT2D eigenvalue weighted by molar-refractivity contribution is -0.138. The number of carbonyl (C=O) groups excluding carboxylic acids is 2. The molecule has 2 amide bonds. The summed E-state index contributed by atoms with van der Waals surface area (Å²) in [6.45, 7) is 0. The van der Waals surface area contributed by atoms with Gasteiger partial charge in [-0.3, -0.25) is 9.59 Å². The Balaban J connectivity index is 2.17. The Hall–Kier alpha value is -2.25. The Labute approximate surface area is 187 Å². The Morgan fingerprint density at radius 2 is 1.65 bits per heavy atom. The summed E-state index contributed by atoms with van der Waals surface area (Å²) in [6.07, 6.45) is -0.410. The van der Waals surface area contributed by atoms with E-state index < -0.39 is 29.5 Å². The molecule has 1 aliphatic carbocycles. The van der Waals surface area contributed by atoms with Crippen molar-refractivity contribution in [3.05, 3.63) is 68.7 Å². The van der Waals surface area contributed by atoms with Crippen molar-refractivity contribution in [2.24, 2.45) is 5.73 Å². The van der Waals surface area contributed by atoms with Gasteiger partial charge in [0.05, 0.1) is 11.5 Å². The predicted octanol–water partition coefficient (Wildman–Crippen LogP) is 5.69. The van der Waals surface area contributed by atoms with Crippen LogP contribution in [-0.2, 0) is 11.0 Å². The Morgan fingerprint density at radius 3 is 2.19 bits per heavy atom. The van der Waals surface area contributed by atoms with E-state index in [1.54, 1.807) is 6.07 Å². The number of rotatable bonds is 5. The lowest BCUT2D eigenvalue weighted by atomic mass is 9.85. The third-order valence-corrected chi connectivity index (χ3v) is 6.12. The van der Waals surface area contributed by atoms with Crippen LogP contribution in [0.15, 0.2) is 36.4 Å². The van der Waals surface area contributed by atoms with Crippen LogP contribution >= 0.6 is 23.2 Å². The first-order valence-corrected chi connectivity index (χ1v) is 10.6. The molecule has 1 atom stereocenters. The maximum atomic E-state index is 13.9. The number of nitrogens with one attached hydrogen (secondary N) is 1. The molecule has 1 aliphatic rings. The minimum atomic E-state index is -4.84. The first-order chi connectivity index (χ1) is 14.6. The third kappa shape index (κ3) is 5.33. The molecule has 3 rings (SSSR count). The molecular formula is C22H21Cl2F3N2O2. The minimum absolute atomic E-state index is 0.0726. The van der Waals surface area contributed by atoms with Crippen molar-refractivity contribution in [2.45, 2.75) is 50.2 Å². The predicted molar refractivity (Wildman–Crippen MR) is 113 cm³/mol. The fraction of sp³-hybridized carbons (Fsp3) is 0.364. The summed E-state index contributed by atoms with van der Waals surface area (Å²) in [4.78, 5) is 24.8. The Bertz CT molecular complexity index is 969. The SMILES string of the molecule is NC(=O)c1ccc(C(C(=O)NC2CCCCC2)c2c(Cl)cccc2Cl)c(C(F)(F)F)c1. The Morgan fingerprint density at radius 1 is 1.03 bits per heavy atom. The van der Waals surface area contributed by atoms with Crippen molar-refractivity contribution in [1.82, 2.24) is 5.32 Å². The molecule has 166 valence electrons. The van der Waals surface area contributed by atoms with E-state index in [0.717, 1.165) is 38.2 Å². The monoisotopic (exact) mass is 472 g/mol. The van der Waals surface area contributed by atoms with E-state index in [0.29, 0.717) is 6.07 Å². The van der Waals surface area contributed by atoms with Crippen molar-refractivity contribution < 1.29 is 22.8 Å². The molecule has 0 aromatic heterocycles. The number of halogens is 5. The molecule has 0 aliphatic heterocycles. The van der Waals surface area contributed by atoms with E-state index in [1.165, 1.54) is 18.2 Å². The lowest BCUT2D eigenvalue weighted by Gasteiger charge is -2.28. The topological polar surface area (TPSA) is 72.2 Å². The largest absolute Gasteiger partial charge is 0.416 e. The Kier molecular flexibility index (Phi) is 7.17. The molecule has 0 heterocycles. The van der Waals surface area contributed by atoms with Gasteiger partial charge in [0.1, 0.15) is 0 Å². The zero-order valence-corrected chi connectivity index (χ0v) is 17.9. The van der Waals surface area contributed by atoms with Crippen LogP contribution in [0.1, 0.15) is 65.1 Å². The van der Waals surface area contributed by atoms with Crippen molar-refractivity contribution in [1.29, 1.82) is 0 Å². The van der Waals surface area contributed by atoms with E-state index in [1.807, 2.05) is 0 Å². The van der Waals surface area contributed by atoms with Gasteiger partial charge < -0.3 is 11.1 Å². The first-order valence-electron chi connectivity index (χ1n) is 9.85. The number of primary amides is 1. The van der Waals surface area contributed by atoms with E-state index in [9.17, 15) is 22.8 Å². The lowest BCUT2D eigenvalue weighted by Crippen LogP contribution is -2.40. The average molecular weight is 473 g/mol. The van der Waals surface area contributed by atoms with Crippen LogP contribution in [0.3, 0.4) is 0 Å². The zero-order chi connectivity index (χ0) is 22.8. The summed E-state index contributed by atoms with van der Waals surface area (Å²) in [7, 11) is 0.